The lowest BCUT2D eigenvalue weighted by atomic mass is 10.0. The summed E-state index contributed by atoms with van der Waals surface area (Å²) in [6.07, 6.45) is 5.31. The third-order valence-electron chi connectivity index (χ3n) is 4.94. The van der Waals surface area contributed by atoms with Gasteiger partial charge in [-0.15, -0.1) is 0 Å². The molecule has 5 rings (SSSR count). The minimum atomic E-state index is -0.140. The van der Waals surface area contributed by atoms with Crippen LogP contribution in [0.25, 0.3) is 38.8 Å². The molecule has 0 aliphatic rings. The Morgan fingerprint density at radius 3 is 2.64 bits per heavy atom. The van der Waals surface area contributed by atoms with E-state index in [4.69, 9.17) is 11.6 Å². The van der Waals surface area contributed by atoms with Crippen molar-refractivity contribution in [2.24, 2.45) is 7.05 Å². The number of aryl methyl sites for hydroxylation is 1. The van der Waals surface area contributed by atoms with E-state index in [1.54, 1.807) is 40.7 Å². The van der Waals surface area contributed by atoms with E-state index in [2.05, 4.69) is 16.0 Å². The SMILES string of the molecule is Cn1c(=O)n(-c2cccc(Cl)c2)c2c3cc(-c4cccnc4)ccc3ncc21. The second kappa shape index (κ2) is 6.32. The van der Waals surface area contributed by atoms with Crippen LogP contribution in [0, 0.1) is 0 Å². The fourth-order valence-electron chi connectivity index (χ4n) is 3.57. The zero-order valence-corrected chi connectivity index (χ0v) is 15.8. The van der Waals surface area contributed by atoms with Gasteiger partial charge in [0.15, 0.2) is 0 Å². The van der Waals surface area contributed by atoms with Crippen LogP contribution in [-0.2, 0) is 7.05 Å². The number of aromatic nitrogens is 4. The summed E-state index contributed by atoms with van der Waals surface area (Å²) in [5.41, 5.74) is 5.01. The van der Waals surface area contributed by atoms with Crippen molar-refractivity contribution in [1.29, 1.82) is 0 Å². The molecule has 0 saturated carbocycles. The maximum absolute atomic E-state index is 13.0. The number of rotatable bonds is 2. The Morgan fingerprint density at radius 2 is 1.86 bits per heavy atom. The van der Waals surface area contributed by atoms with Gasteiger partial charge in [-0.05, 0) is 42.0 Å². The molecule has 5 aromatic rings. The van der Waals surface area contributed by atoms with Crippen molar-refractivity contribution in [2.75, 3.05) is 0 Å². The van der Waals surface area contributed by atoms with Crippen LogP contribution < -0.4 is 5.69 Å². The predicted octanol–water partition coefficient (Wildman–Crippen LogP) is 4.59. The number of benzene rings is 2. The molecule has 0 aliphatic carbocycles. The van der Waals surface area contributed by atoms with E-state index in [0.29, 0.717) is 5.02 Å². The first-order valence-corrected chi connectivity index (χ1v) is 9.18. The van der Waals surface area contributed by atoms with Crippen LogP contribution in [0.2, 0.25) is 5.02 Å². The maximum Gasteiger partial charge on any atom is 0.333 e. The molecule has 0 aliphatic heterocycles. The molecule has 3 aromatic heterocycles. The lowest BCUT2D eigenvalue weighted by Gasteiger charge is -2.08. The van der Waals surface area contributed by atoms with Crippen molar-refractivity contribution >= 4 is 33.5 Å². The van der Waals surface area contributed by atoms with E-state index in [1.165, 1.54) is 0 Å². The van der Waals surface area contributed by atoms with Gasteiger partial charge in [0.05, 0.1) is 28.4 Å². The van der Waals surface area contributed by atoms with Crippen molar-refractivity contribution < 1.29 is 0 Å². The number of hydrogen-bond donors (Lipinski definition) is 0. The van der Waals surface area contributed by atoms with Gasteiger partial charge in [0.25, 0.3) is 0 Å². The smallest absolute Gasteiger partial charge is 0.293 e. The van der Waals surface area contributed by atoms with Crippen LogP contribution in [0.3, 0.4) is 0 Å². The second-order valence-electron chi connectivity index (χ2n) is 6.62. The second-order valence-corrected chi connectivity index (χ2v) is 7.06. The highest BCUT2D eigenvalue weighted by molar-refractivity contribution is 6.30. The fourth-order valence-corrected chi connectivity index (χ4v) is 3.75. The molecular formula is C22H15ClN4O. The number of halogens is 1. The minimum Gasteiger partial charge on any atom is -0.293 e. The van der Waals surface area contributed by atoms with Crippen LogP contribution in [0.15, 0.2) is 78.0 Å². The average molecular weight is 387 g/mol. The van der Waals surface area contributed by atoms with Gasteiger partial charge in [-0.25, -0.2) is 4.79 Å². The summed E-state index contributed by atoms with van der Waals surface area (Å²) in [4.78, 5) is 21.8. The fraction of sp³-hybridized carbons (Fsp3) is 0.0455. The molecule has 2 aromatic carbocycles. The van der Waals surface area contributed by atoms with Crippen LogP contribution in [0.1, 0.15) is 0 Å². The third kappa shape index (κ3) is 2.52. The Balaban J connectivity index is 1.91. The molecule has 28 heavy (non-hydrogen) atoms. The van der Waals surface area contributed by atoms with Crippen LogP contribution in [-0.4, -0.2) is 19.1 Å². The molecule has 0 atom stereocenters. The summed E-state index contributed by atoms with van der Waals surface area (Å²) >= 11 is 6.19. The summed E-state index contributed by atoms with van der Waals surface area (Å²) in [6.45, 7) is 0. The number of imidazole rings is 1. The molecule has 0 amide bonds. The predicted molar refractivity (Wildman–Crippen MR) is 112 cm³/mol. The van der Waals surface area contributed by atoms with Gasteiger partial charge in [0.1, 0.15) is 0 Å². The first-order chi connectivity index (χ1) is 13.6. The van der Waals surface area contributed by atoms with Gasteiger partial charge in [0, 0.05) is 35.4 Å². The molecular weight excluding hydrogens is 372 g/mol. The van der Waals surface area contributed by atoms with Crippen LogP contribution in [0.4, 0.5) is 0 Å². The highest BCUT2D eigenvalue weighted by atomic mass is 35.5. The number of fused-ring (bicyclic) bond motifs is 3. The number of hydrogen-bond acceptors (Lipinski definition) is 3. The summed E-state index contributed by atoms with van der Waals surface area (Å²) in [7, 11) is 1.75. The molecule has 0 spiro atoms. The Hall–Kier alpha value is -3.44. The van der Waals surface area contributed by atoms with E-state index in [0.717, 1.165) is 38.8 Å². The highest BCUT2D eigenvalue weighted by Gasteiger charge is 2.16. The van der Waals surface area contributed by atoms with Crippen LogP contribution in [0.5, 0.6) is 0 Å². The monoisotopic (exact) mass is 386 g/mol. The van der Waals surface area contributed by atoms with Gasteiger partial charge in [0.2, 0.25) is 0 Å². The molecule has 0 unspecified atom stereocenters. The zero-order chi connectivity index (χ0) is 19.3. The molecule has 0 fully saturated rings. The first kappa shape index (κ1) is 16.7. The molecule has 0 bridgehead atoms. The van der Waals surface area contributed by atoms with E-state index in [9.17, 15) is 4.79 Å². The largest absolute Gasteiger partial charge is 0.333 e. The van der Waals surface area contributed by atoms with Crippen molar-refractivity contribution in [3.05, 3.63) is 88.7 Å². The molecule has 0 saturated heterocycles. The average Bonchev–Trinajstić information content (AvgIpc) is 2.99. The van der Waals surface area contributed by atoms with Gasteiger partial charge >= 0.3 is 5.69 Å². The van der Waals surface area contributed by atoms with Crippen molar-refractivity contribution in [2.45, 2.75) is 0 Å². The lowest BCUT2D eigenvalue weighted by molar-refractivity contribution is 0.846. The summed E-state index contributed by atoms with van der Waals surface area (Å²) < 4.78 is 3.30. The van der Waals surface area contributed by atoms with E-state index in [-0.39, 0.29) is 5.69 Å². The maximum atomic E-state index is 13.0. The lowest BCUT2D eigenvalue weighted by Crippen LogP contribution is -2.20. The molecule has 6 heteroatoms. The summed E-state index contributed by atoms with van der Waals surface area (Å²) in [5.74, 6) is 0. The molecule has 5 nitrogen and oxygen atoms in total. The van der Waals surface area contributed by atoms with Gasteiger partial charge in [-0.3, -0.25) is 19.1 Å². The number of nitrogens with zero attached hydrogens (tertiary/aromatic N) is 4. The Kier molecular flexibility index (Phi) is 3.77. The summed E-state index contributed by atoms with van der Waals surface area (Å²) in [6, 6.07) is 17.3. The highest BCUT2D eigenvalue weighted by Crippen LogP contribution is 2.29. The zero-order valence-electron chi connectivity index (χ0n) is 15.0. The molecule has 0 radical (unpaired) electrons. The topological polar surface area (TPSA) is 52.7 Å². The van der Waals surface area contributed by atoms with Crippen molar-refractivity contribution in [3.8, 4) is 16.8 Å². The van der Waals surface area contributed by atoms with Gasteiger partial charge in [-0.1, -0.05) is 29.8 Å². The minimum absolute atomic E-state index is 0.140. The number of pyridine rings is 2. The standard InChI is InChI=1S/C22H15ClN4O/c1-26-20-13-25-19-8-7-14(15-4-3-9-24-12-15)10-18(19)21(20)27(22(26)28)17-6-2-5-16(23)11-17/h2-13H,1H3. The Labute approximate surface area is 165 Å². The van der Waals surface area contributed by atoms with Crippen LogP contribution >= 0.6 is 11.6 Å². The van der Waals surface area contributed by atoms with E-state index >= 15 is 0 Å². The Morgan fingerprint density at radius 1 is 0.964 bits per heavy atom. The molecule has 0 N–H and O–H groups in total. The van der Waals surface area contributed by atoms with E-state index in [1.807, 2.05) is 42.6 Å². The third-order valence-corrected chi connectivity index (χ3v) is 5.18. The molecule has 3 heterocycles. The van der Waals surface area contributed by atoms with Gasteiger partial charge in [-0.2, -0.15) is 0 Å². The Bertz CT molecular complexity index is 1400. The normalized spacial score (nSPS) is 11.4. The van der Waals surface area contributed by atoms with Crippen molar-refractivity contribution in [3.63, 3.8) is 0 Å². The van der Waals surface area contributed by atoms with Crippen molar-refractivity contribution in [1.82, 2.24) is 19.1 Å². The van der Waals surface area contributed by atoms with Gasteiger partial charge < -0.3 is 0 Å². The quantitative estimate of drug-likeness (QED) is 0.445. The van der Waals surface area contributed by atoms with E-state index < -0.39 is 0 Å². The first-order valence-electron chi connectivity index (χ1n) is 8.80. The summed E-state index contributed by atoms with van der Waals surface area (Å²) in [5, 5.41) is 1.48. The molecule has 136 valence electrons.